The SMILES string of the molecule is CCCC(CCC)S(=O)(=O)CC(NC(=O)OCc1ccccc1)C(=O)N[C@@H](Cc1cc(F)cc(F)c1)[C@H](O)CNCC1CC1.O=C(O)C(F)(F)F. The van der Waals surface area contributed by atoms with Gasteiger partial charge in [0.2, 0.25) is 5.91 Å². The van der Waals surface area contributed by atoms with Crippen LogP contribution in [0, 0.1) is 17.6 Å². The zero-order valence-corrected chi connectivity index (χ0v) is 29.2. The fraction of sp³-hybridized carbons (Fsp3) is 0.559. The van der Waals surface area contributed by atoms with Gasteiger partial charge in [0.15, 0.2) is 9.84 Å². The molecule has 0 saturated heterocycles. The molecule has 0 spiro atoms. The van der Waals surface area contributed by atoms with Crippen molar-refractivity contribution in [2.24, 2.45) is 5.92 Å². The maximum atomic E-state index is 14.0. The number of alkyl halides is 3. The van der Waals surface area contributed by atoms with Crippen LogP contribution >= 0.6 is 0 Å². The molecule has 0 heterocycles. The number of aliphatic hydroxyl groups excluding tert-OH is 1. The van der Waals surface area contributed by atoms with Crippen molar-refractivity contribution < 1.29 is 59.7 Å². The van der Waals surface area contributed by atoms with Gasteiger partial charge in [-0.2, -0.15) is 13.2 Å². The van der Waals surface area contributed by atoms with Crippen molar-refractivity contribution in [1.29, 1.82) is 0 Å². The second-order valence-electron chi connectivity index (χ2n) is 12.4. The van der Waals surface area contributed by atoms with E-state index in [2.05, 4.69) is 16.0 Å². The monoisotopic (exact) mass is 751 g/mol. The summed E-state index contributed by atoms with van der Waals surface area (Å²) in [4.78, 5) is 35.4. The smallest absolute Gasteiger partial charge is 0.475 e. The number of carboxylic acids is 1. The van der Waals surface area contributed by atoms with E-state index in [-0.39, 0.29) is 25.1 Å². The number of rotatable bonds is 19. The lowest BCUT2D eigenvalue weighted by molar-refractivity contribution is -0.192. The number of amides is 2. The van der Waals surface area contributed by atoms with Crippen molar-refractivity contribution in [2.75, 3.05) is 18.8 Å². The van der Waals surface area contributed by atoms with Crippen molar-refractivity contribution in [2.45, 2.75) is 95.0 Å². The van der Waals surface area contributed by atoms with Gasteiger partial charge in [-0.3, -0.25) is 4.79 Å². The second-order valence-corrected chi connectivity index (χ2v) is 14.7. The lowest BCUT2D eigenvalue weighted by Crippen LogP contribution is -2.57. The van der Waals surface area contributed by atoms with Crippen LogP contribution in [0.1, 0.15) is 63.5 Å². The molecule has 0 bridgehead atoms. The summed E-state index contributed by atoms with van der Waals surface area (Å²) in [6, 6.07) is 9.19. The molecule has 2 amide bonds. The predicted molar refractivity (Wildman–Crippen MR) is 178 cm³/mol. The number of hydrogen-bond acceptors (Lipinski definition) is 8. The van der Waals surface area contributed by atoms with E-state index in [1.54, 1.807) is 24.3 Å². The average Bonchev–Trinajstić information content (AvgIpc) is 3.87. The quantitative estimate of drug-likeness (QED) is 0.128. The second kappa shape index (κ2) is 20.9. The molecule has 3 rings (SSSR count). The van der Waals surface area contributed by atoms with Crippen molar-refractivity contribution in [3.63, 3.8) is 0 Å². The minimum absolute atomic E-state index is 0.0871. The van der Waals surface area contributed by atoms with E-state index in [4.69, 9.17) is 14.6 Å². The van der Waals surface area contributed by atoms with Crippen molar-refractivity contribution in [3.8, 4) is 0 Å². The Kier molecular flexibility index (Phi) is 17.7. The van der Waals surface area contributed by atoms with Crippen LogP contribution in [0.5, 0.6) is 0 Å². The maximum Gasteiger partial charge on any atom is 0.490 e. The summed E-state index contributed by atoms with van der Waals surface area (Å²) >= 11 is 0. The summed E-state index contributed by atoms with van der Waals surface area (Å²) in [6.07, 6.45) is -3.15. The van der Waals surface area contributed by atoms with Gasteiger partial charge in [0, 0.05) is 12.6 Å². The first-order chi connectivity index (χ1) is 23.9. The summed E-state index contributed by atoms with van der Waals surface area (Å²) in [7, 11) is -3.85. The Morgan fingerprint density at radius 2 is 1.51 bits per heavy atom. The van der Waals surface area contributed by atoms with Crippen LogP contribution in [-0.2, 0) is 37.2 Å². The molecular weight excluding hydrogens is 705 g/mol. The molecule has 51 heavy (non-hydrogen) atoms. The Labute approximate surface area is 294 Å². The first-order valence-corrected chi connectivity index (χ1v) is 18.3. The summed E-state index contributed by atoms with van der Waals surface area (Å²) in [6.45, 7) is 4.42. The van der Waals surface area contributed by atoms with Gasteiger partial charge in [-0.15, -0.1) is 0 Å². The van der Waals surface area contributed by atoms with Gasteiger partial charge in [-0.1, -0.05) is 57.0 Å². The fourth-order valence-electron chi connectivity index (χ4n) is 5.05. The summed E-state index contributed by atoms with van der Waals surface area (Å²) < 4.78 is 91.9. The molecule has 0 aliphatic heterocycles. The van der Waals surface area contributed by atoms with E-state index in [9.17, 15) is 45.1 Å². The van der Waals surface area contributed by atoms with Crippen LogP contribution in [0.2, 0.25) is 0 Å². The standard InChI is InChI=1S/C32H45F2N3O6S.C2HF3O2/c1-3-8-27(9-4-2)44(41,42)21-29(37-32(40)43-20-23-10-6-5-7-11-23)31(39)36-28(30(38)19-35-18-22-12-13-22)16-24-14-25(33)17-26(34)15-24;3-2(4,5)1(6)7/h5-7,10-11,14-15,17,22,27-30,35,38H,3-4,8-9,12-13,16,18-21H2,1-2H3,(H,36,39)(H,37,40);(H,6,7)/t28-,29?,30+;/m0./s1. The molecular formula is C34H46F5N3O8S. The Hall–Kier alpha value is -3.83. The third-order valence-corrected chi connectivity index (χ3v) is 10.1. The van der Waals surface area contributed by atoms with Crippen LogP contribution in [-0.4, -0.2) is 85.1 Å². The number of carbonyl (C=O) groups excluding carboxylic acids is 2. The normalized spacial score (nSPS) is 14.8. The molecule has 0 aromatic heterocycles. The van der Waals surface area contributed by atoms with Gasteiger partial charge in [-0.05, 0) is 67.8 Å². The summed E-state index contributed by atoms with van der Waals surface area (Å²) in [5, 5.41) is 25.7. The molecule has 2 aromatic carbocycles. The van der Waals surface area contributed by atoms with Crippen LogP contribution in [0.3, 0.4) is 0 Å². The predicted octanol–water partition coefficient (Wildman–Crippen LogP) is 4.66. The molecule has 1 fully saturated rings. The Morgan fingerprint density at radius 3 is 2.02 bits per heavy atom. The number of ether oxygens (including phenoxy) is 1. The fourth-order valence-corrected chi connectivity index (χ4v) is 7.22. The molecule has 1 aliphatic carbocycles. The van der Waals surface area contributed by atoms with Crippen LogP contribution in [0.15, 0.2) is 48.5 Å². The molecule has 2 aromatic rings. The van der Waals surface area contributed by atoms with E-state index in [0.717, 1.165) is 31.0 Å². The van der Waals surface area contributed by atoms with Gasteiger partial charge in [0.05, 0.1) is 23.1 Å². The maximum absolute atomic E-state index is 14.0. The highest BCUT2D eigenvalue weighted by Crippen LogP contribution is 2.27. The van der Waals surface area contributed by atoms with Crippen molar-refractivity contribution >= 4 is 27.8 Å². The van der Waals surface area contributed by atoms with Gasteiger partial charge >= 0.3 is 18.2 Å². The van der Waals surface area contributed by atoms with Gasteiger partial charge in [0.25, 0.3) is 0 Å². The number of aliphatic hydroxyl groups is 1. The van der Waals surface area contributed by atoms with Crippen LogP contribution < -0.4 is 16.0 Å². The molecule has 5 N–H and O–H groups in total. The lowest BCUT2D eigenvalue weighted by Gasteiger charge is -2.28. The first-order valence-electron chi connectivity index (χ1n) is 16.6. The highest BCUT2D eigenvalue weighted by atomic mass is 32.2. The lowest BCUT2D eigenvalue weighted by atomic mass is 10.00. The molecule has 286 valence electrons. The Balaban J connectivity index is 0.00000116. The molecule has 1 saturated carbocycles. The van der Waals surface area contributed by atoms with Crippen LogP contribution in [0.25, 0.3) is 0 Å². The van der Waals surface area contributed by atoms with Gasteiger partial charge in [-0.25, -0.2) is 26.8 Å². The minimum Gasteiger partial charge on any atom is -0.475 e. The molecule has 17 heteroatoms. The number of nitrogens with one attached hydrogen (secondary N) is 3. The Bertz CT molecular complexity index is 1480. The number of carboxylic acid groups (broad SMARTS) is 1. The first kappa shape index (κ1) is 43.3. The molecule has 1 unspecified atom stereocenters. The van der Waals surface area contributed by atoms with E-state index >= 15 is 0 Å². The third-order valence-electron chi connectivity index (χ3n) is 7.85. The van der Waals surface area contributed by atoms with Crippen molar-refractivity contribution in [1.82, 2.24) is 16.0 Å². The zero-order valence-electron chi connectivity index (χ0n) is 28.4. The average molecular weight is 752 g/mol. The van der Waals surface area contributed by atoms with E-state index < -0.39 is 74.8 Å². The number of benzene rings is 2. The van der Waals surface area contributed by atoms with Crippen molar-refractivity contribution in [3.05, 3.63) is 71.3 Å². The molecule has 11 nitrogen and oxygen atoms in total. The number of carbonyl (C=O) groups is 3. The van der Waals surface area contributed by atoms with Gasteiger partial charge < -0.3 is 30.9 Å². The minimum atomic E-state index is -5.08. The largest absolute Gasteiger partial charge is 0.490 e. The molecule has 3 atom stereocenters. The van der Waals surface area contributed by atoms with Gasteiger partial charge in [0.1, 0.15) is 24.3 Å². The van der Waals surface area contributed by atoms with E-state index in [1.165, 1.54) is 0 Å². The zero-order chi connectivity index (χ0) is 38.2. The Morgan fingerprint density at radius 1 is 0.941 bits per heavy atom. The number of aliphatic carboxylic acids is 1. The van der Waals surface area contributed by atoms with E-state index in [1.807, 2.05) is 19.9 Å². The summed E-state index contributed by atoms with van der Waals surface area (Å²) in [5.41, 5.74) is 0.894. The molecule has 0 radical (unpaired) electrons. The topological polar surface area (TPSA) is 171 Å². The summed E-state index contributed by atoms with van der Waals surface area (Å²) in [5.74, 6) is -5.39. The third kappa shape index (κ3) is 16.8. The van der Waals surface area contributed by atoms with E-state index in [0.29, 0.717) is 43.7 Å². The number of alkyl carbamates (subject to hydrolysis) is 1. The number of halogens is 5. The highest BCUT2D eigenvalue weighted by molar-refractivity contribution is 7.92. The highest BCUT2D eigenvalue weighted by Gasteiger charge is 2.38. The van der Waals surface area contributed by atoms with Crippen LogP contribution in [0.4, 0.5) is 26.7 Å². The number of hydrogen-bond donors (Lipinski definition) is 5. The molecule has 1 aliphatic rings. The number of sulfone groups is 1.